The Bertz CT molecular complexity index is 437. The van der Waals surface area contributed by atoms with Gasteiger partial charge in [-0.25, -0.2) is 4.79 Å². The highest BCUT2D eigenvalue weighted by atomic mass is 19.1. The molecule has 5 heteroatoms. The molecule has 0 radical (unpaired) electrons. The Morgan fingerprint density at radius 3 is 2.44 bits per heavy atom. The van der Waals surface area contributed by atoms with Crippen LogP contribution in [-0.4, -0.2) is 24.5 Å². The first kappa shape index (κ1) is 14.3. The van der Waals surface area contributed by atoms with Crippen LogP contribution in [0.5, 0.6) is 11.5 Å². The third-order valence-corrected chi connectivity index (χ3v) is 2.42. The van der Waals surface area contributed by atoms with Crippen LogP contribution in [0.2, 0.25) is 0 Å². The van der Waals surface area contributed by atoms with Crippen molar-refractivity contribution in [3.8, 4) is 11.5 Å². The van der Waals surface area contributed by atoms with E-state index in [1.54, 1.807) is 12.1 Å². The average Bonchev–Trinajstić information content (AvgIpc) is 2.27. The number of carboxylic acids is 1. The normalized spacial score (nSPS) is 12.9. The molecule has 0 saturated carbocycles. The van der Waals surface area contributed by atoms with Gasteiger partial charge in [0.1, 0.15) is 11.5 Å². The van der Waals surface area contributed by atoms with Crippen LogP contribution in [0.4, 0.5) is 4.39 Å². The van der Waals surface area contributed by atoms with E-state index < -0.39 is 12.3 Å². The zero-order chi connectivity index (χ0) is 13.9. The van der Waals surface area contributed by atoms with Crippen molar-refractivity contribution in [2.45, 2.75) is 32.5 Å². The van der Waals surface area contributed by atoms with Crippen molar-refractivity contribution in [2.24, 2.45) is 0 Å². The van der Waals surface area contributed by atoms with E-state index in [1.807, 2.05) is 20.8 Å². The summed E-state index contributed by atoms with van der Waals surface area (Å²) in [7, 11) is 1.53. The van der Waals surface area contributed by atoms with Crippen molar-refractivity contribution in [2.75, 3.05) is 7.11 Å². The van der Waals surface area contributed by atoms with Gasteiger partial charge in [0.15, 0.2) is 0 Å². The van der Waals surface area contributed by atoms with Crippen LogP contribution in [0.1, 0.15) is 26.3 Å². The Morgan fingerprint density at radius 2 is 2.00 bits per heavy atom. The van der Waals surface area contributed by atoms with Crippen molar-refractivity contribution < 1.29 is 23.8 Å². The second-order valence-corrected chi connectivity index (χ2v) is 4.88. The molecule has 1 aromatic carbocycles. The highest BCUT2D eigenvalue weighted by molar-refractivity contribution is 5.71. The third-order valence-electron chi connectivity index (χ3n) is 2.42. The molecule has 0 spiro atoms. The van der Waals surface area contributed by atoms with Crippen LogP contribution in [0.25, 0.3) is 0 Å². The number of rotatable bonds is 4. The fourth-order valence-electron chi connectivity index (χ4n) is 1.49. The van der Waals surface area contributed by atoms with E-state index in [1.165, 1.54) is 13.2 Å². The minimum atomic E-state index is -2.38. The van der Waals surface area contributed by atoms with Crippen LogP contribution in [0.15, 0.2) is 18.2 Å². The number of ether oxygens (including phenoxy) is 2. The predicted molar refractivity (Wildman–Crippen MR) is 64.9 cm³/mol. The third kappa shape index (κ3) is 3.35. The second kappa shape index (κ2) is 5.25. The van der Waals surface area contributed by atoms with Crippen molar-refractivity contribution in [1.29, 1.82) is 0 Å². The molecule has 0 heterocycles. The number of hydrogen-bond donors (Lipinski definition) is 1. The van der Waals surface area contributed by atoms with Crippen molar-refractivity contribution in [1.82, 2.24) is 0 Å². The van der Waals surface area contributed by atoms with Gasteiger partial charge in [0, 0.05) is 5.56 Å². The number of aliphatic carboxylic acids is 1. The largest absolute Gasteiger partial charge is 0.497 e. The number of benzene rings is 1. The number of hydrogen-bond acceptors (Lipinski definition) is 3. The zero-order valence-corrected chi connectivity index (χ0v) is 10.9. The van der Waals surface area contributed by atoms with Gasteiger partial charge < -0.3 is 14.6 Å². The summed E-state index contributed by atoms with van der Waals surface area (Å²) in [5, 5.41) is 8.51. The zero-order valence-electron chi connectivity index (χ0n) is 10.9. The Morgan fingerprint density at radius 1 is 1.39 bits per heavy atom. The lowest BCUT2D eigenvalue weighted by molar-refractivity contribution is -0.153. The van der Waals surface area contributed by atoms with Crippen LogP contribution in [0, 0.1) is 0 Å². The predicted octanol–water partition coefficient (Wildman–Crippen LogP) is 2.75. The molecular formula is C13H17FO4. The van der Waals surface area contributed by atoms with Crippen LogP contribution >= 0.6 is 0 Å². The Hall–Kier alpha value is -1.78. The van der Waals surface area contributed by atoms with E-state index in [0.29, 0.717) is 11.3 Å². The summed E-state index contributed by atoms with van der Waals surface area (Å²) in [5.74, 6) is -0.832. The molecule has 0 aliphatic rings. The summed E-state index contributed by atoms with van der Waals surface area (Å²) in [6.07, 6.45) is -2.38. The van der Waals surface area contributed by atoms with Crippen LogP contribution in [-0.2, 0) is 10.2 Å². The van der Waals surface area contributed by atoms with Gasteiger partial charge in [0.25, 0.3) is 0 Å². The number of methoxy groups -OCH3 is 1. The molecule has 1 aromatic rings. The summed E-state index contributed by atoms with van der Waals surface area (Å²) in [5.41, 5.74) is 0.369. The van der Waals surface area contributed by atoms with Gasteiger partial charge in [0.05, 0.1) is 7.11 Å². The molecular weight excluding hydrogens is 239 g/mol. The van der Waals surface area contributed by atoms with E-state index in [0.717, 1.165) is 0 Å². The smallest absolute Gasteiger partial charge is 0.378 e. The molecule has 0 aliphatic heterocycles. The second-order valence-electron chi connectivity index (χ2n) is 4.88. The van der Waals surface area contributed by atoms with Gasteiger partial charge in [-0.15, -0.1) is 0 Å². The van der Waals surface area contributed by atoms with E-state index in [2.05, 4.69) is 0 Å². The van der Waals surface area contributed by atoms with Gasteiger partial charge in [0.2, 0.25) is 0 Å². The summed E-state index contributed by atoms with van der Waals surface area (Å²) in [6, 6.07) is 4.82. The number of halogens is 1. The fourth-order valence-corrected chi connectivity index (χ4v) is 1.49. The number of carboxylic acid groups (broad SMARTS) is 1. The van der Waals surface area contributed by atoms with Crippen molar-refractivity contribution in [3.63, 3.8) is 0 Å². The number of carbonyl (C=O) groups is 1. The summed E-state index contributed by atoms with van der Waals surface area (Å²) < 4.78 is 23.0. The highest BCUT2D eigenvalue weighted by Gasteiger charge is 2.24. The van der Waals surface area contributed by atoms with E-state index in [4.69, 9.17) is 14.6 Å². The first-order valence-corrected chi connectivity index (χ1v) is 5.47. The van der Waals surface area contributed by atoms with Crippen molar-refractivity contribution in [3.05, 3.63) is 23.8 Å². The topological polar surface area (TPSA) is 55.8 Å². The lowest BCUT2D eigenvalue weighted by Gasteiger charge is -2.23. The summed E-state index contributed by atoms with van der Waals surface area (Å²) in [4.78, 5) is 10.5. The molecule has 100 valence electrons. The lowest BCUT2D eigenvalue weighted by Crippen LogP contribution is -2.23. The quantitative estimate of drug-likeness (QED) is 0.900. The number of alkyl halides is 1. The minimum absolute atomic E-state index is 0.207. The molecule has 0 amide bonds. The molecule has 1 N–H and O–H groups in total. The average molecular weight is 256 g/mol. The van der Waals surface area contributed by atoms with E-state index in [9.17, 15) is 9.18 Å². The molecule has 1 unspecified atom stereocenters. The van der Waals surface area contributed by atoms with Gasteiger partial charge in [-0.1, -0.05) is 20.8 Å². The van der Waals surface area contributed by atoms with Gasteiger partial charge in [-0.2, -0.15) is 4.39 Å². The standard InChI is InChI=1S/C13H17FO4/c1-13(2,3)9-7-8(17-4)5-6-10(9)18-11(14)12(15)16/h5-7,11H,1-4H3,(H,15,16). The maximum Gasteiger partial charge on any atom is 0.378 e. The van der Waals surface area contributed by atoms with Crippen molar-refractivity contribution >= 4 is 5.97 Å². The molecule has 0 aromatic heterocycles. The Balaban J connectivity index is 3.14. The maximum absolute atomic E-state index is 13.1. The van der Waals surface area contributed by atoms with Crippen LogP contribution in [0.3, 0.4) is 0 Å². The molecule has 18 heavy (non-hydrogen) atoms. The molecule has 0 aliphatic carbocycles. The van der Waals surface area contributed by atoms with Crippen LogP contribution < -0.4 is 9.47 Å². The SMILES string of the molecule is COc1ccc(OC(F)C(=O)O)c(C(C)(C)C)c1. The molecule has 1 rings (SSSR count). The monoisotopic (exact) mass is 256 g/mol. The molecule has 0 bridgehead atoms. The van der Waals surface area contributed by atoms with Gasteiger partial charge in [-0.3, -0.25) is 0 Å². The molecule has 4 nitrogen and oxygen atoms in total. The van der Waals surface area contributed by atoms with E-state index >= 15 is 0 Å². The lowest BCUT2D eigenvalue weighted by atomic mass is 9.86. The molecule has 0 saturated heterocycles. The Kier molecular flexibility index (Phi) is 4.16. The van der Waals surface area contributed by atoms with Gasteiger partial charge in [-0.05, 0) is 23.6 Å². The highest BCUT2D eigenvalue weighted by Crippen LogP contribution is 2.34. The Labute approximate surface area is 105 Å². The van der Waals surface area contributed by atoms with Gasteiger partial charge >= 0.3 is 12.3 Å². The fraction of sp³-hybridized carbons (Fsp3) is 0.462. The molecule has 1 atom stereocenters. The van der Waals surface area contributed by atoms with E-state index in [-0.39, 0.29) is 11.2 Å². The first-order valence-electron chi connectivity index (χ1n) is 5.47. The maximum atomic E-state index is 13.1. The summed E-state index contributed by atoms with van der Waals surface area (Å²) in [6.45, 7) is 5.76. The minimum Gasteiger partial charge on any atom is -0.497 e. The summed E-state index contributed by atoms with van der Waals surface area (Å²) >= 11 is 0. The first-order chi connectivity index (χ1) is 8.25. The molecule has 0 fully saturated rings.